The summed E-state index contributed by atoms with van der Waals surface area (Å²) in [5, 5.41) is 0. The molecule has 0 aromatic carbocycles. The Balaban J connectivity index is 2.11. The second-order valence-electron chi connectivity index (χ2n) is 4.74. The molecule has 2 fully saturated rings. The number of rotatable bonds is 2. The van der Waals surface area contributed by atoms with Gasteiger partial charge in [0.25, 0.3) is 0 Å². The van der Waals surface area contributed by atoms with Gasteiger partial charge in [-0.2, -0.15) is 0 Å². The van der Waals surface area contributed by atoms with Crippen LogP contribution in [0, 0.1) is 11.3 Å². The lowest BCUT2D eigenvalue weighted by atomic mass is 9.70. The van der Waals surface area contributed by atoms with Crippen LogP contribution in [-0.4, -0.2) is 19.0 Å². The minimum atomic E-state index is 0.339. The monoisotopic (exact) mass is 196 g/mol. The van der Waals surface area contributed by atoms with E-state index in [0.29, 0.717) is 23.5 Å². The summed E-state index contributed by atoms with van der Waals surface area (Å²) in [6.07, 6.45) is 6.58. The van der Waals surface area contributed by atoms with Gasteiger partial charge in [0.1, 0.15) is 5.78 Å². The van der Waals surface area contributed by atoms with Gasteiger partial charge in [0.05, 0.1) is 0 Å². The van der Waals surface area contributed by atoms with Crippen LogP contribution in [0.25, 0.3) is 0 Å². The van der Waals surface area contributed by atoms with Crippen molar-refractivity contribution in [3.63, 3.8) is 0 Å². The molecule has 1 aliphatic carbocycles. The fraction of sp³-hybridized carbons (Fsp3) is 0.917. The second kappa shape index (κ2) is 4.01. The Hall–Kier alpha value is -0.370. The lowest BCUT2D eigenvalue weighted by Gasteiger charge is -2.38. The quantitative estimate of drug-likeness (QED) is 0.678. The van der Waals surface area contributed by atoms with Gasteiger partial charge >= 0.3 is 0 Å². The first-order chi connectivity index (χ1) is 6.78. The average molecular weight is 196 g/mol. The summed E-state index contributed by atoms with van der Waals surface area (Å²) in [7, 11) is 0. The standard InChI is InChI=1S/C12H20O2/c1-2-11(13)10-4-3-5-12(10)6-8-14-9-7-12/h10H,2-9H2,1H3. The Labute approximate surface area is 86.0 Å². The van der Waals surface area contributed by atoms with E-state index in [1.54, 1.807) is 0 Å². The van der Waals surface area contributed by atoms with Crippen molar-refractivity contribution in [3.05, 3.63) is 0 Å². The average Bonchev–Trinajstić information content (AvgIpc) is 2.62. The summed E-state index contributed by atoms with van der Waals surface area (Å²) >= 11 is 0. The minimum absolute atomic E-state index is 0.339. The van der Waals surface area contributed by atoms with Crippen LogP contribution in [-0.2, 0) is 9.53 Å². The summed E-state index contributed by atoms with van der Waals surface area (Å²) in [5.74, 6) is 0.848. The fourth-order valence-electron chi connectivity index (χ4n) is 3.26. The summed E-state index contributed by atoms with van der Waals surface area (Å²) < 4.78 is 5.41. The topological polar surface area (TPSA) is 26.3 Å². The van der Waals surface area contributed by atoms with Gasteiger partial charge in [-0.1, -0.05) is 13.3 Å². The highest BCUT2D eigenvalue weighted by Gasteiger charge is 2.46. The first kappa shape index (κ1) is 10.2. The van der Waals surface area contributed by atoms with Gasteiger partial charge in [-0.15, -0.1) is 0 Å². The highest BCUT2D eigenvalue weighted by atomic mass is 16.5. The molecule has 1 aliphatic heterocycles. The van der Waals surface area contributed by atoms with Gasteiger partial charge in [0, 0.05) is 25.6 Å². The molecule has 0 N–H and O–H groups in total. The van der Waals surface area contributed by atoms with E-state index in [9.17, 15) is 4.79 Å². The van der Waals surface area contributed by atoms with Crippen molar-refractivity contribution in [2.45, 2.75) is 45.4 Å². The number of Topliss-reactive ketones (excluding diaryl/α,β-unsaturated/α-hetero) is 1. The maximum Gasteiger partial charge on any atom is 0.136 e. The predicted octanol–water partition coefficient (Wildman–Crippen LogP) is 2.56. The number of ketones is 1. The predicted molar refractivity (Wildman–Crippen MR) is 55.1 cm³/mol. The molecule has 0 bridgehead atoms. The van der Waals surface area contributed by atoms with Crippen LogP contribution in [0.3, 0.4) is 0 Å². The van der Waals surface area contributed by atoms with E-state index in [1.165, 1.54) is 12.8 Å². The number of ether oxygens (including phenoxy) is 1. The van der Waals surface area contributed by atoms with Crippen molar-refractivity contribution in [2.75, 3.05) is 13.2 Å². The minimum Gasteiger partial charge on any atom is -0.381 e. The lowest BCUT2D eigenvalue weighted by Crippen LogP contribution is -2.36. The highest BCUT2D eigenvalue weighted by molar-refractivity contribution is 5.81. The van der Waals surface area contributed by atoms with E-state index in [-0.39, 0.29) is 0 Å². The second-order valence-corrected chi connectivity index (χ2v) is 4.74. The smallest absolute Gasteiger partial charge is 0.136 e. The van der Waals surface area contributed by atoms with Gasteiger partial charge in [-0.05, 0) is 31.1 Å². The van der Waals surface area contributed by atoms with Gasteiger partial charge in [-0.3, -0.25) is 4.79 Å². The summed E-state index contributed by atoms with van der Waals surface area (Å²) in [6.45, 7) is 3.73. The third-order valence-electron chi connectivity index (χ3n) is 4.13. The molecule has 2 nitrogen and oxygen atoms in total. The number of hydrogen-bond donors (Lipinski definition) is 0. The molecule has 1 unspecified atom stereocenters. The Morgan fingerprint density at radius 2 is 2.07 bits per heavy atom. The van der Waals surface area contributed by atoms with Crippen molar-refractivity contribution < 1.29 is 9.53 Å². The van der Waals surface area contributed by atoms with E-state index < -0.39 is 0 Å². The molecule has 1 saturated heterocycles. The van der Waals surface area contributed by atoms with Crippen molar-refractivity contribution in [1.82, 2.24) is 0 Å². The molecule has 1 spiro atoms. The zero-order valence-corrected chi connectivity index (χ0v) is 9.05. The van der Waals surface area contributed by atoms with E-state index >= 15 is 0 Å². The Morgan fingerprint density at radius 3 is 2.71 bits per heavy atom. The van der Waals surface area contributed by atoms with Crippen molar-refractivity contribution in [1.29, 1.82) is 0 Å². The van der Waals surface area contributed by atoms with Crippen molar-refractivity contribution in [3.8, 4) is 0 Å². The van der Waals surface area contributed by atoms with Gasteiger partial charge in [-0.25, -0.2) is 0 Å². The normalized spacial score (nSPS) is 30.8. The van der Waals surface area contributed by atoms with Gasteiger partial charge in [0.15, 0.2) is 0 Å². The van der Waals surface area contributed by atoms with Crippen LogP contribution in [0.15, 0.2) is 0 Å². The van der Waals surface area contributed by atoms with Gasteiger partial charge in [0.2, 0.25) is 0 Å². The molecule has 0 aromatic rings. The van der Waals surface area contributed by atoms with Crippen LogP contribution >= 0.6 is 0 Å². The largest absolute Gasteiger partial charge is 0.381 e. The van der Waals surface area contributed by atoms with Gasteiger partial charge < -0.3 is 4.74 Å². The molecule has 80 valence electrons. The number of carbonyl (C=O) groups excluding carboxylic acids is 1. The highest BCUT2D eigenvalue weighted by Crippen LogP contribution is 2.50. The van der Waals surface area contributed by atoms with Crippen LogP contribution in [0.2, 0.25) is 0 Å². The molecule has 0 aromatic heterocycles. The molecule has 1 saturated carbocycles. The Bertz CT molecular complexity index is 216. The van der Waals surface area contributed by atoms with Crippen LogP contribution < -0.4 is 0 Å². The van der Waals surface area contributed by atoms with Crippen LogP contribution in [0.1, 0.15) is 45.4 Å². The third kappa shape index (κ3) is 1.60. The molecular formula is C12H20O2. The summed E-state index contributed by atoms with van der Waals surface area (Å²) in [4.78, 5) is 11.8. The lowest BCUT2D eigenvalue weighted by molar-refractivity contribution is -0.128. The first-order valence-electron chi connectivity index (χ1n) is 5.89. The van der Waals surface area contributed by atoms with E-state index in [2.05, 4.69) is 0 Å². The number of carbonyl (C=O) groups is 1. The molecule has 2 rings (SSSR count). The molecule has 0 radical (unpaired) electrons. The fourth-order valence-corrected chi connectivity index (χ4v) is 3.26. The first-order valence-corrected chi connectivity index (χ1v) is 5.89. The third-order valence-corrected chi connectivity index (χ3v) is 4.13. The SMILES string of the molecule is CCC(=O)C1CCCC12CCOCC2. The van der Waals surface area contributed by atoms with E-state index in [1.807, 2.05) is 6.92 Å². The molecule has 0 amide bonds. The molecule has 1 heterocycles. The maximum absolute atomic E-state index is 11.8. The van der Waals surface area contributed by atoms with Crippen molar-refractivity contribution in [2.24, 2.45) is 11.3 Å². The Morgan fingerprint density at radius 1 is 1.36 bits per heavy atom. The maximum atomic E-state index is 11.8. The summed E-state index contributed by atoms with van der Waals surface area (Å²) in [5.41, 5.74) is 0.339. The molecule has 1 atom stereocenters. The molecular weight excluding hydrogens is 176 g/mol. The zero-order chi connectivity index (χ0) is 10.0. The zero-order valence-electron chi connectivity index (χ0n) is 9.05. The van der Waals surface area contributed by atoms with Crippen LogP contribution in [0.5, 0.6) is 0 Å². The molecule has 14 heavy (non-hydrogen) atoms. The van der Waals surface area contributed by atoms with E-state index in [4.69, 9.17) is 4.74 Å². The molecule has 2 aliphatic rings. The van der Waals surface area contributed by atoms with Crippen molar-refractivity contribution >= 4 is 5.78 Å². The summed E-state index contributed by atoms with van der Waals surface area (Å²) in [6, 6.07) is 0. The number of hydrogen-bond acceptors (Lipinski definition) is 2. The molecule has 2 heteroatoms. The van der Waals surface area contributed by atoms with E-state index in [0.717, 1.165) is 32.5 Å². The van der Waals surface area contributed by atoms with Crippen LogP contribution in [0.4, 0.5) is 0 Å². The Kier molecular flexibility index (Phi) is 2.91.